The molecular weight excluding hydrogens is 253 g/mol. The van der Waals surface area contributed by atoms with Gasteiger partial charge >= 0.3 is 0 Å². The molecule has 1 N–H and O–H groups in total. The molecule has 3 nitrogen and oxygen atoms in total. The third-order valence-corrected chi connectivity index (χ3v) is 3.80. The summed E-state index contributed by atoms with van der Waals surface area (Å²) in [5, 5.41) is 3.34. The summed E-state index contributed by atoms with van der Waals surface area (Å²) < 4.78 is 16.0. The molecule has 1 aromatic heterocycles. The third-order valence-electron chi connectivity index (χ3n) is 3.80. The van der Waals surface area contributed by atoms with Gasteiger partial charge in [-0.2, -0.15) is 0 Å². The van der Waals surface area contributed by atoms with Gasteiger partial charge in [-0.1, -0.05) is 6.92 Å². The Labute approximate surface area is 119 Å². The van der Waals surface area contributed by atoms with E-state index in [1.54, 1.807) is 19.3 Å². The van der Waals surface area contributed by atoms with Gasteiger partial charge in [0.1, 0.15) is 5.82 Å². The van der Waals surface area contributed by atoms with Crippen LogP contribution in [0, 0.1) is 26.6 Å². The Morgan fingerprint density at radius 2 is 2.00 bits per heavy atom. The van der Waals surface area contributed by atoms with Gasteiger partial charge in [0.2, 0.25) is 0 Å². The fourth-order valence-corrected chi connectivity index (χ4v) is 2.39. The van der Waals surface area contributed by atoms with E-state index in [-0.39, 0.29) is 11.9 Å². The third kappa shape index (κ3) is 2.61. The van der Waals surface area contributed by atoms with Crippen LogP contribution in [0.2, 0.25) is 0 Å². The minimum atomic E-state index is -0.164. The molecule has 0 aliphatic heterocycles. The molecule has 108 valence electrons. The molecular formula is C16H22FN3. The van der Waals surface area contributed by atoms with Crippen molar-refractivity contribution in [1.29, 1.82) is 0 Å². The van der Waals surface area contributed by atoms with E-state index in [1.165, 1.54) is 0 Å². The van der Waals surface area contributed by atoms with Gasteiger partial charge in [-0.05, 0) is 57.5 Å². The first-order chi connectivity index (χ1) is 9.45. The second-order valence-electron chi connectivity index (χ2n) is 5.22. The van der Waals surface area contributed by atoms with Crippen LogP contribution in [0.4, 0.5) is 4.39 Å². The van der Waals surface area contributed by atoms with Crippen molar-refractivity contribution in [3.63, 3.8) is 0 Å². The molecule has 0 bridgehead atoms. The Kier molecular flexibility index (Phi) is 4.23. The van der Waals surface area contributed by atoms with E-state index in [9.17, 15) is 4.39 Å². The van der Waals surface area contributed by atoms with E-state index >= 15 is 0 Å². The maximum atomic E-state index is 13.9. The highest BCUT2D eigenvalue weighted by molar-refractivity contribution is 5.47. The van der Waals surface area contributed by atoms with Crippen LogP contribution in [0.15, 0.2) is 18.5 Å². The average Bonchev–Trinajstić information content (AvgIpc) is 2.73. The predicted octanol–water partition coefficient (Wildman–Crippen LogP) is 3.61. The molecule has 0 fully saturated rings. The lowest BCUT2D eigenvalue weighted by atomic mass is 10.0. The zero-order valence-corrected chi connectivity index (χ0v) is 12.8. The van der Waals surface area contributed by atoms with Gasteiger partial charge < -0.3 is 9.88 Å². The van der Waals surface area contributed by atoms with E-state index in [2.05, 4.69) is 17.2 Å². The minimum absolute atomic E-state index is 0.0900. The lowest BCUT2D eigenvalue weighted by molar-refractivity contribution is 0.576. The fourth-order valence-electron chi connectivity index (χ4n) is 2.39. The molecule has 1 aromatic carbocycles. The van der Waals surface area contributed by atoms with Crippen molar-refractivity contribution in [3.05, 3.63) is 46.8 Å². The predicted molar refractivity (Wildman–Crippen MR) is 79.8 cm³/mol. The molecule has 0 amide bonds. The molecule has 1 atom stereocenters. The van der Waals surface area contributed by atoms with Crippen molar-refractivity contribution in [2.75, 3.05) is 6.54 Å². The van der Waals surface area contributed by atoms with Crippen LogP contribution in [-0.4, -0.2) is 16.1 Å². The van der Waals surface area contributed by atoms with Crippen molar-refractivity contribution in [2.45, 2.75) is 40.7 Å². The van der Waals surface area contributed by atoms with Gasteiger partial charge in [0.05, 0.1) is 17.7 Å². The molecule has 0 saturated heterocycles. The topological polar surface area (TPSA) is 29.9 Å². The molecule has 20 heavy (non-hydrogen) atoms. The number of imidazole rings is 1. The fraction of sp³-hybridized carbons (Fsp3) is 0.438. The molecule has 1 unspecified atom stereocenters. The molecule has 0 spiro atoms. The van der Waals surface area contributed by atoms with Gasteiger partial charge in [0, 0.05) is 11.7 Å². The molecule has 2 aromatic rings. The Morgan fingerprint density at radius 3 is 2.55 bits per heavy atom. The number of aromatic nitrogens is 2. The molecule has 0 aliphatic carbocycles. The first-order valence-corrected chi connectivity index (χ1v) is 7.00. The number of aryl methyl sites for hydroxylation is 2. The molecule has 4 heteroatoms. The van der Waals surface area contributed by atoms with Crippen LogP contribution in [-0.2, 0) is 0 Å². The number of nitrogens with one attached hydrogen (secondary N) is 1. The Balaban J connectivity index is 2.61. The number of hydrogen-bond donors (Lipinski definition) is 1. The van der Waals surface area contributed by atoms with Crippen LogP contribution >= 0.6 is 0 Å². The van der Waals surface area contributed by atoms with E-state index in [0.29, 0.717) is 5.56 Å². The Morgan fingerprint density at radius 1 is 1.30 bits per heavy atom. The van der Waals surface area contributed by atoms with Crippen LogP contribution < -0.4 is 5.32 Å². The lowest BCUT2D eigenvalue weighted by Gasteiger charge is -2.19. The Hall–Kier alpha value is -1.68. The van der Waals surface area contributed by atoms with Gasteiger partial charge in [0.15, 0.2) is 0 Å². The summed E-state index contributed by atoms with van der Waals surface area (Å²) in [6.45, 7) is 10.7. The summed E-state index contributed by atoms with van der Waals surface area (Å²) in [5.41, 5.74) is 4.68. The van der Waals surface area contributed by atoms with Crippen molar-refractivity contribution in [2.24, 2.45) is 0 Å². The van der Waals surface area contributed by atoms with Crippen LogP contribution in [0.5, 0.6) is 0 Å². The van der Waals surface area contributed by atoms with Crippen molar-refractivity contribution >= 4 is 0 Å². The largest absolute Gasteiger partial charge is 0.310 e. The van der Waals surface area contributed by atoms with Crippen molar-refractivity contribution in [3.8, 4) is 5.69 Å². The molecule has 0 aliphatic rings. The number of halogens is 1. The highest BCUT2D eigenvalue weighted by Crippen LogP contribution is 2.26. The number of nitrogens with zero attached hydrogens (tertiary/aromatic N) is 2. The SMILES string of the molecule is CCNC(C)c1cc(F)c(C)cc1-n1cnc(C)c1C. The molecule has 0 radical (unpaired) electrons. The van der Waals surface area contributed by atoms with Gasteiger partial charge in [0.25, 0.3) is 0 Å². The van der Waals surface area contributed by atoms with E-state index < -0.39 is 0 Å². The minimum Gasteiger partial charge on any atom is -0.310 e. The summed E-state index contributed by atoms with van der Waals surface area (Å²) in [6.07, 6.45) is 1.81. The summed E-state index contributed by atoms with van der Waals surface area (Å²) in [5.74, 6) is -0.164. The molecule has 0 saturated carbocycles. The summed E-state index contributed by atoms with van der Waals surface area (Å²) in [6, 6.07) is 3.62. The molecule has 2 rings (SSSR count). The second kappa shape index (κ2) is 5.75. The first-order valence-electron chi connectivity index (χ1n) is 7.00. The average molecular weight is 275 g/mol. The zero-order chi connectivity index (χ0) is 14.9. The number of hydrogen-bond acceptors (Lipinski definition) is 2. The van der Waals surface area contributed by atoms with Gasteiger partial charge in [-0.3, -0.25) is 0 Å². The van der Waals surface area contributed by atoms with E-state index in [0.717, 1.165) is 29.2 Å². The van der Waals surface area contributed by atoms with Crippen molar-refractivity contribution < 1.29 is 4.39 Å². The maximum Gasteiger partial charge on any atom is 0.126 e. The highest BCUT2D eigenvalue weighted by atomic mass is 19.1. The van der Waals surface area contributed by atoms with Crippen LogP contribution in [0.1, 0.15) is 42.4 Å². The van der Waals surface area contributed by atoms with Crippen LogP contribution in [0.3, 0.4) is 0 Å². The normalized spacial score (nSPS) is 12.7. The second-order valence-corrected chi connectivity index (χ2v) is 5.22. The van der Waals surface area contributed by atoms with Gasteiger partial charge in [-0.25, -0.2) is 9.37 Å². The standard InChI is InChI=1S/C16H22FN3/c1-6-18-12(4)14-8-15(17)10(2)7-16(14)20-9-19-11(3)13(20)5/h7-9,12,18H,6H2,1-5H3. The summed E-state index contributed by atoms with van der Waals surface area (Å²) in [7, 11) is 0. The maximum absolute atomic E-state index is 13.9. The van der Waals surface area contributed by atoms with Gasteiger partial charge in [-0.15, -0.1) is 0 Å². The lowest BCUT2D eigenvalue weighted by Crippen LogP contribution is -2.20. The summed E-state index contributed by atoms with van der Waals surface area (Å²) in [4.78, 5) is 4.34. The summed E-state index contributed by atoms with van der Waals surface area (Å²) >= 11 is 0. The molecule has 1 heterocycles. The van der Waals surface area contributed by atoms with Crippen molar-refractivity contribution in [1.82, 2.24) is 14.9 Å². The van der Waals surface area contributed by atoms with Crippen LogP contribution in [0.25, 0.3) is 5.69 Å². The Bertz CT molecular complexity index is 616. The zero-order valence-electron chi connectivity index (χ0n) is 12.8. The highest BCUT2D eigenvalue weighted by Gasteiger charge is 2.16. The van der Waals surface area contributed by atoms with E-state index in [1.807, 2.05) is 31.4 Å². The smallest absolute Gasteiger partial charge is 0.126 e. The number of rotatable bonds is 4. The quantitative estimate of drug-likeness (QED) is 0.924. The first kappa shape index (κ1) is 14.7. The number of benzene rings is 1. The monoisotopic (exact) mass is 275 g/mol. The van der Waals surface area contributed by atoms with E-state index in [4.69, 9.17) is 0 Å².